The fraction of sp³-hybridized carbons (Fsp3) is 0.211. The summed E-state index contributed by atoms with van der Waals surface area (Å²) in [7, 11) is 0. The number of carbonyl (C=O) groups is 3. The predicted octanol–water partition coefficient (Wildman–Crippen LogP) is 2.41. The molecule has 3 aromatic rings. The summed E-state index contributed by atoms with van der Waals surface area (Å²) in [4.78, 5) is 38.6. The zero-order valence-electron chi connectivity index (χ0n) is 15.2. The van der Waals surface area contributed by atoms with E-state index in [1.165, 1.54) is 11.3 Å². The Balaban J connectivity index is 1.55. The van der Waals surface area contributed by atoms with E-state index in [4.69, 9.17) is 0 Å². The highest BCUT2D eigenvalue weighted by Gasteiger charge is 2.49. The van der Waals surface area contributed by atoms with Crippen LogP contribution in [0.1, 0.15) is 17.5 Å². The van der Waals surface area contributed by atoms with Crippen LogP contribution in [-0.2, 0) is 15.1 Å². The predicted molar refractivity (Wildman–Crippen MR) is 105 cm³/mol. The molecule has 4 amide bonds. The molecule has 4 rings (SSSR count). The molecule has 1 saturated heterocycles. The molecule has 0 aliphatic carbocycles. The number of anilines is 1. The molecule has 2 aromatic carbocycles. The smallest absolute Gasteiger partial charge is 0.319 e. The van der Waals surface area contributed by atoms with Crippen LogP contribution < -0.4 is 10.6 Å². The van der Waals surface area contributed by atoms with Crippen molar-refractivity contribution in [3.63, 3.8) is 0 Å². The topological polar surface area (TPSA) is 104 Å². The first-order valence-corrected chi connectivity index (χ1v) is 9.42. The van der Waals surface area contributed by atoms with Gasteiger partial charge in [0.05, 0.1) is 0 Å². The minimum absolute atomic E-state index is 0.326. The number of rotatable bonds is 4. The van der Waals surface area contributed by atoms with Crippen LogP contribution in [0.2, 0.25) is 0 Å². The third kappa shape index (κ3) is 3.09. The average Bonchev–Trinajstić information content (AvgIpc) is 3.17. The lowest BCUT2D eigenvalue weighted by Gasteiger charge is -2.22. The van der Waals surface area contributed by atoms with Gasteiger partial charge in [-0.15, -0.1) is 10.2 Å². The van der Waals surface area contributed by atoms with Gasteiger partial charge in [-0.05, 0) is 36.2 Å². The van der Waals surface area contributed by atoms with Crippen LogP contribution >= 0.6 is 11.3 Å². The molecule has 28 heavy (non-hydrogen) atoms. The van der Waals surface area contributed by atoms with Crippen molar-refractivity contribution in [3.05, 3.63) is 53.0 Å². The zero-order valence-corrected chi connectivity index (χ0v) is 16.0. The minimum atomic E-state index is -1.24. The Kier molecular flexibility index (Phi) is 4.31. The van der Waals surface area contributed by atoms with Crippen molar-refractivity contribution in [2.45, 2.75) is 19.4 Å². The Hall–Kier alpha value is -3.33. The van der Waals surface area contributed by atoms with Gasteiger partial charge < -0.3 is 5.32 Å². The van der Waals surface area contributed by atoms with Gasteiger partial charge in [0, 0.05) is 0 Å². The van der Waals surface area contributed by atoms with E-state index in [1.54, 1.807) is 13.8 Å². The Bertz CT molecular complexity index is 1110. The summed E-state index contributed by atoms with van der Waals surface area (Å²) >= 11 is 1.22. The van der Waals surface area contributed by atoms with Crippen molar-refractivity contribution in [2.75, 3.05) is 11.9 Å². The number of hydrogen-bond acceptors (Lipinski definition) is 6. The number of amides is 4. The average molecular weight is 395 g/mol. The quantitative estimate of drug-likeness (QED) is 0.660. The first-order valence-electron chi connectivity index (χ1n) is 8.60. The van der Waals surface area contributed by atoms with Crippen LogP contribution in [0.5, 0.6) is 0 Å². The van der Waals surface area contributed by atoms with Crippen molar-refractivity contribution in [2.24, 2.45) is 0 Å². The summed E-state index contributed by atoms with van der Waals surface area (Å²) in [5.41, 5.74) is -0.576. The number of benzene rings is 2. The molecule has 1 fully saturated rings. The summed E-state index contributed by atoms with van der Waals surface area (Å²) in [5.74, 6) is -0.987. The SMILES string of the molecule is Cc1nnc(NC(=O)CN2C(=O)NC(C)(c3ccc4ccccc4c3)C2=O)s1. The molecular weight excluding hydrogens is 378 g/mol. The van der Waals surface area contributed by atoms with Gasteiger partial charge in [0.15, 0.2) is 0 Å². The van der Waals surface area contributed by atoms with Crippen molar-refractivity contribution < 1.29 is 14.4 Å². The third-order valence-corrected chi connectivity index (χ3v) is 5.43. The van der Waals surface area contributed by atoms with Crippen LogP contribution in [0.15, 0.2) is 42.5 Å². The number of carbonyl (C=O) groups excluding carboxylic acids is 3. The second kappa shape index (κ2) is 6.68. The molecule has 0 bridgehead atoms. The van der Waals surface area contributed by atoms with E-state index in [0.29, 0.717) is 15.7 Å². The van der Waals surface area contributed by atoms with Gasteiger partial charge in [0.25, 0.3) is 5.91 Å². The van der Waals surface area contributed by atoms with Crippen molar-refractivity contribution in [1.82, 2.24) is 20.4 Å². The van der Waals surface area contributed by atoms with Gasteiger partial charge in [-0.1, -0.05) is 47.7 Å². The maximum absolute atomic E-state index is 13.0. The molecule has 0 saturated carbocycles. The number of aryl methyl sites for hydroxylation is 1. The van der Waals surface area contributed by atoms with Gasteiger partial charge in [0.1, 0.15) is 17.1 Å². The molecule has 8 nitrogen and oxygen atoms in total. The number of imide groups is 1. The van der Waals surface area contributed by atoms with Crippen molar-refractivity contribution >= 4 is 45.1 Å². The standard InChI is InChI=1S/C19H17N5O3S/c1-11-22-23-17(28-11)20-15(25)10-24-16(26)19(2,21-18(24)27)14-8-7-12-5-3-4-6-13(12)9-14/h3-9H,10H2,1-2H3,(H,21,27)(H,20,23,25). The van der Waals surface area contributed by atoms with Crippen molar-refractivity contribution in [1.29, 1.82) is 0 Å². The molecular formula is C19H17N5O3S. The number of nitrogens with zero attached hydrogens (tertiary/aromatic N) is 3. The normalized spacial score (nSPS) is 19.1. The molecule has 142 valence electrons. The largest absolute Gasteiger partial charge is 0.325 e. The van der Waals surface area contributed by atoms with Gasteiger partial charge in [0.2, 0.25) is 11.0 Å². The molecule has 1 aliphatic heterocycles. The fourth-order valence-corrected chi connectivity index (χ4v) is 3.79. The van der Waals surface area contributed by atoms with Gasteiger partial charge in [-0.25, -0.2) is 4.79 Å². The molecule has 1 unspecified atom stereocenters. The van der Waals surface area contributed by atoms with Gasteiger partial charge in [-0.2, -0.15) is 0 Å². The molecule has 0 spiro atoms. The molecule has 1 aliphatic rings. The highest BCUT2D eigenvalue weighted by molar-refractivity contribution is 7.15. The Labute approximate surface area is 164 Å². The summed E-state index contributed by atoms with van der Waals surface area (Å²) in [6.07, 6.45) is 0. The lowest BCUT2D eigenvalue weighted by Crippen LogP contribution is -2.42. The maximum atomic E-state index is 13.0. The molecule has 9 heteroatoms. The Morgan fingerprint density at radius 1 is 1.18 bits per heavy atom. The molecule has 0 radical (unpaired) electrons. The second-order valence-electron chi connectivity index (χ2n) is 6.68. The highest BCUT2D eigenvalue weighted by Crippen LogP contribution is 2.31. The zero-order chi connectivity index (χ0) is 19.9. The lowest BCUT2D eigenvalue weighted by atomic mass is 9.90. The second-order valence-corrected chi connectivity index (χ2v) is 7.86. The minimum Gasteiger partial charge on any atom is -0.319 e. The van der Waals surface area contributed by atoms with E-state index >= 15 is 0 Å². The molecule has 1 atom stereocenters. The van der Waals surface area contributed by atoms with Crippen LogP contribution in [0.25, 0.3) is 10.8 Å². The lowest BCUT2D eigenvalue weighted by molar-refractivity contribution is -0.133. The third-order valence-electron chi connectivity index (χ3n) is 4.68. The van der Waals surface area contributed by atoms with E-state index in [1.807, 2.05) is 42.5 Å². The monoisotopic (exact) mass is 395 g/mol. The molecule has 2 N–H and O–H groups in total. The van der Waals surface area contributed by atoms with Crippen LogP contribution in [0.3, 0.4) is 0 Å². The fourth-order valence-electron chi connectivity index (χ4n) is 3.19. The van der Waals surface area contributed by atoms with Crippen molar-refractivity contribution in [3.8, 4) is 0 Å². The number of urea groups is 1. The number of hydrogen-bond donors (Lipinski definition) is 2. The van der Waals surface area contributed by atoms with E-state index in [0.717, 1.165) is 15.7 Å². The summed E-state index contributed by atoms with van der Waals surface area (Å²) in [5, 5.41) is 15.9. The Morgan fingerprint density at radius 3 is 2.64 bits per heavy atom. The number of nitrogens with one attached hydrogen (secondary N) is 2. The van der Waals surface area contributed by atoms with E-state index in [2.05, 4.69) is 20.8 Å². The Morgan fingerprint density at radius 2 is 1.93 bits per heavy atom. The van der Waals surface area contributed by atoms with Crippen LogP contribution in [0, 0.1) is 6.92 Å². The number of fused-ring (bicyclic) bond motifs is 1. The summed E-state index contributed by atoms with van der Waals surface area (Å²) < 4.78 is 0. The summed E-state index contributed by atoms with van der Waals surface area (Å²) in [6.45, 7) is 3.01. The van der Waals surface area contributed by atoms with E-state index in [9.17, 15) is 14.4 Å². The molecule has 1 aromatic heterocycles. The number of aromatic nitrogens is 2. The molecule has 2 heterocycles. The van der Waals surface area contributed by atoms with Crippen LogP contribution in [-0.4, -0.2) is 39.5 Å². The van der Waals surface area contributed by atoms with Gasteiger partial charge >= 0.3 is 6.03 Å². The van der Waals surface area contributed by atoms with E-state index in [-0.39, 0.29) is 0 Å². The van der Waals surface area contributed by atoms with Crippen LogP contribution in [0.4, 0.5) is 9.93 Å². The van der Waals surface area contributed by atoms with E-state index < -0.39 is 29.9 Å². The maximum Gasteiger partial charge on any atom is 0.325 e. The first kappa shape index (κ1) is 18.1. The van der Waals surface area contributed by atoms with Gasteiger partial charge in [-0.3, -0.25) is 19.8 Å². The summed E-state index contributed by atoms with van der Waals surface area (Å²) in [6, 6.07) is 12.8. The first-order chi connectivity index (χ1) is 13.4. The highest BCUT2D eigenvalue weighted by atomic mass is 32.1.